The quantitative estimate of drug-likeness (QED) is 0.724. The van der Waals surface area contributed by atoms with Crippen molar-refractivity contribution >= 4 is 17.3 Å². The fourth-order valence-corrected chi connectivity index (χ4v) is 2.23. The van der Waals surface area contributed by atoms with E-state index in [0.29, 0.717) is 6.04 Å². The van der Waals surface area contributed by atoms with Gasteiger partial charge in [0.2, 0.25) is 0 Å². The van der Waals surface area contributed by atoms with Gasteiger partial charge in [-0.05, 0) is 37.4 Å². The number of thiocarbonyl (C=S) groups is 1. The first-order valence-corrected chi connectivity index (χ1v) is 6.63. The summed E-state index contributed by atoms with van der Waals surface area (Å²) in [5.74, 6) is 0.745. The van der Waals surface area contributed by atoms with Crippen molar-refractivity contribution in [3.8, 4) is 0 Å². The third kappa shape index (κ3) is 5.98. The topological polar surface area (TPSA) is 24.1 Å². The summed E-state index contributed by atoms with van der Waals surface area (Å²) in [4.78, 5) is 0. The minimum absolute atomic E-state index is 0.623. The molecule has 0 aromatic carbocycles. The summed E-state index contributed by atoms with van der Waals surface area (Å²) in [7, 11) is 0. The first kappa shape index (κ1) is 12.8. The minimum atomic E-state index is 0.623. The van der Waals surface area contributed by atoms with Crippen LogP contribution in [0.25, 0.3) is 0 Å². The highest BCUT2D eigenvalue weighted by Crippen LogP contribution is 2.17. The standard InChI is InChI=1S/C12H24N2S/c1-10(2)8-9-13-12(15)14-11-6-4-3-5-7-11/h10-11H,3-9H2,1-2H3,(H2,13,14,15). The summed E-state index contributed by atoms with van der Waals surface area (Å²) >= 11 is 5.26. The van der Waals surface area contributed by atoms with Crippen LogP contribution in [0.5, 0.6) is 0 Å². The third-order valence-electron chi connectivity index (χ3n) is 2.95. The van der Waals surface area contributed by atoms with Crippen molar-refractivity contribution in [2.24, 2.45) is 5.92 Å². The Hall–Kier alpha value is -0.310. The van der Waals surface area contributed by atoms with E-state index in [1.807, 2.05) is 0 Å². The van der Waals surface area contributed by atoms with Crippen LogP contribution in [-0.4, -0.2) is 17.7 Å². The van der Waals surface area contributed by atoms with E-state index in [-0.39, 0.29) is 0 Å². The summed E-state index contributed by atoms with van der Waals surface area (Å²) in [6.45, 7) is 5.47. The molecule has 1 aliphatic carbocycles. The Labute approximate surface area is 99.2 Å². The molecule has 2 N–H and O–H groups in total. The van der Waals surface area contributed by atoms with Gasteiger partial charge in [0.1, 0.15) is 0 Å². The summed E-state index contributed by atoms with van der Waals surface area (Å²) < 4.78 is 0. The maximum atomic E-state index is 5.26. The molecule has 0 aromatic heterocycles. The highest BCUT2D eigenvalue weighted by atomic mass is 32.1. The van der Waals surface area contributed by atoms with Crippen LogP contribution in [0, 0.1) is 5.92 Å². The molecule has 1 fully saturated rings. The van der Waals surface area contributed by atoms with Gasteiger partial charge in [-0.25, -0.2) is 0 Å². The maximum Gasteiger partial charge on any atom is 0.166 e. The second-order valence-corrected chi connectivity index (χ2v) is 5.33. The van der Waals surface area contributed by atoms with E-state index in [0.717, 1.165) is 17.6 Å². The lowest BCUT2D eigenvalue weighted by Crippen LogP contribution is -2.43. The van der Waals surface area contributed by atoms with Crippen molar-refractivity contribution in [2.45, 2.75) is 58.4 Å². The van der Waals surface area contributed by atoms with Gasteiger partial charge in [0.15, 0.2) is 5.11 Å². The molecule has 1 saturated carbocycles. The van der Waals surface area contributed by atoms with E-state index >= 15 is 0 Å². The van der Waals surface area contributed by atoms with Crippen LogP contribution >= 0.6 is 12.2 Å². The molecule has 0 aliphatic heterocycles. The zero-order valence-corrected chi connectivity index (χ0v) is 10.8. The van der Waals surface area contributed by atoms with Gasteiger partial charge in [-0.2, -0.15) is 0 Å². The van der Waals surface area contributed by atoms with Gasteiger partial charge >= 0.3 is 0 Å². The molecule has 0 amide bonds. The van der Waals surface area contributed by atoms with Crippen molar-refractivity contribution in [1.82, 2.24) is 10.6 Å². The van der Waals surface area contributed by atoms with Crippen molar-refractivity contribution < 1.29 is 0 Å². The summed E-state index contributed by atoms with van der Waals surface area (Å²) in [5, 5.41) is 7.54. The molecular weight excluding hydrogens is 204 g/mol. The maximum absolute atomic E-state index is 5.26. The van der Waals surface area contributed by atoms with E-state index in [9.17, 15) is 0 Å². The van der Waals surface area contributed by atoms with Crippen molar-refractivity contribution in [2.75, 3.05) is 6.54 Å². The van der Waals surface area contributed by atoms with E-state index in [4.69, 9.17) is 12.2 Å². The monoisotopic (exact) mass is 228 g/mol. The molecule has 15 heavy (non-hydrogen) atoms. The number of hydrogen-bond acceptors (Lipinski definition) is 1. The molecule has 1 aliphatic rings. The Morgan fingerprint density at radius 2 is 1.93 bits per heavy atom. The highest BCUT2D eigenvalue weighted by Gasteiger charge is 2.13. The van der Waals surface area contributed by atoms with E-state index in [1.165, 1.54) is 38.5 Å². The lowest BCUT2D eigenvalue weighted by atomic mass is 9.96. The average Bonchev–Trinajstić information content (AvgIpc) is 2.18. The lowest BCUT2D eigenvalue weighted by Gasteiger charge is -2.24. The zero-order valence-electron chi connectivity index (χ0n) is 10.0. The van der Waals surface area contributed by atoms with Gasteiger partial charge in [0.25, 0.3) is 0 Å². The van der Waals surface area contributed by atoms with Gasteiger partial charge in [-0.1, -0.05) is 33.1 Å². The molecule has 1 rings (SSSR count). The molecule has 0 heterocycles. The van der Waals surface area contributed by atoms with E-state index < -0.39 is 0 Å². The van der Waals surface area contributed by atoms with Gasteiger partial charge < -0.3 is 10.6 Å². The normalized spacial score (nSPS) is 17.8. The fourth-order valence-electron chi connectivity index (χ4n) is 1.96. The molecule has 88 valence electrons. The molecule has 0 aromatic rings. The van der Waals surface area contributed by atoms with Crippen LogP contribution in [0.3, 0.4) is 0 Å². The van der Waals surface area contributed by atoms with Crippen molar-refractivity contribution in [3.05, 3.63) is 0 Å². The molecule has 0 atom stereocenters. The molecule has 0 saturated heterocycles. The SMILES string of the molecule is CC(C)CCNC(=S)NC1CCCCC1. The van der Waals surface area contributed by atoms with E-state index in [2.05, 4.69) is 24.5 Å². The summed E-state index contributed by atoms with van der Waals surface area (Å²) in [5.41, 5.74) is 0. The Balaban J connectivity index is 2.06. The number of hydrogen-bond donors (Lipinski definition) is 2. The Kier molecular flexibility index (Phi) is 5.99. The summed E-state index contributed by atoms with van der Waals surface area (Å²) in [6, 6.07) is 0.623. The third-order valence-corrected chi connectivity index (χ3v) is 3.21. The molecular formula is C12H24N2S. The predicted octanol–water partition coefficient (Wildman–Crippen LogP) is 2.83. The second kappa shape index (κ2) is 7.04. The highest BCUT2D eigenvalue weighted by molar-refractivity contribution is 7.80. The molecule has 0 spiro atoms. The molecule has 2 nitrogen and oxygen atoms in total. The Morgan fingerprint density at radius 1 is 1.27 bits per heavy atom. The first-order valence-electron chi connectivity index (χ1n) is 6.23. The van der Waals surface area contributed by atoms with Gasteiger partial charge in [0.05, 0.1) is 0 Å². The fraction of sp³-hybridized carbons (Fsp3) is 0.917. The molecule has 0 bridgehead atoms. The largest absolute Gasteiger partial charge is 0.363 e. The van der Waals surface area contributed by atoms with Crippen LogP contribution in [0.15, 0.2) is 0 Å². The summed E-state index contributed by atoms with van der Waals surface area (Å²) in [6.07, 6.45) is 7.86. The van der Waals surface area contributed by atoms with Crippen LogP contribution in [0.4, 0.5) is 0 Å². The van der Waals surface area contributed by atoms with Crippen LogP contribution in [0.1, 0.15) is 52.4 Å². The van der Waals surface area contributed by atoms with Gasteiger partial charge in [-0.3, -0.25) is 0 Å². The van der Waals surface area contributed by atoms with Gasteiger partial charge in [-0.15, -0.1) is 0 Å². The molecule has 0 unspecified atom stereocenters. The van der Waals surface area contributed by atoms with Crippen LogP contribution in [0.2, 0.25) is 0 Å². The average molecular weight is 228 g/mol. The molecule has 0 radical (unpaired) electrons. The zero-order chi connectivity index (χ0) is 11.1. The Morgan fingerprint density at radius 3 is 2.53 bits per heavy atom. The molecule has 3 heteroatoms. The smallest absolute Gasteiger partial charge is 0.166 e. The first-order chi connectivity index (χ1) is 7.18. The van der Waals surface area contributed by atoms with Gasteiger partial charge in [0, 0.05) is 12.6 Å². The number of nitrogens with one attached hydrogen (secondary N) is 2. The lowest BCUT2D eigenvalue weighted by molar-refractivity contribution is 0.411. The number of rotatable bonds is 4. The second-order valence-electron chi connectivity index (χ2n) is 4.92. The Bertz CT molecular complexity index is 186. The van der Waals surface area contributed by atoms with E-state index in [1.54, 1.807) is 0 Å². The predicted molar refractivity (Wildman–Crippen MR) is 70.1 cm³/mol. The van der Waals surface area contributed by atoms with Crippen molar-refractivity contribution in [1.29, 1.82) is 0 Å². The van der Waals surface area contributed by atoms with Crippen LogP contribution in [-0.2, 0) is 0 Å². The van der Waals surface area contributed by atoms with Crippen molar-refractivity contribution in [3.63, 3.8) is 0 Å². The minimum Gasteiger partial charge on any atom is -0.363 e. The van der Waals surface area contributed by atoms with Crippen LogP contribution < -0.4 is 10.6 Å².